The van der Waals surface area contributed by atoms with Crippen LogP contribution in [0, 0.1) is 17.8 Å². The van der Waals surface area contributed by atoms with Crippen LogP contribution in [0.4, 0.5) is 5.82 Å². The van der Waals surface area contributed by atoms with Gasteiger partial charge in [-0.1, -0.05) is 23.4 Å². The third kappa shape index (κ3) is 2.02. The Labute approximate surface area is 96.0 Å². The van der Waals surface area contributed by atoms with Gasteiger partial charge in [0, 0.05) is 12.1 Å². The first-order valence-corrected chi connectivity index (χ1v) is 5.46. The van der Waals surface area contributed by atoms with E-state index in [2.05, 4.69) is 32.8 Å². The Morgan fingerprint density at radius 2 is 2.29 bits per heavy atom. The summed E-state index contributed by atoms with van der Waals surface area (Å²) in [7, 11) is 0. The first kappa shape index (κ1) is 9.82. The minimum atomic E-state index is 0.425. The minimum absolute atomic E-state index is 0.425. The van der Waals surface area contributed by atoms with Gasteiger partial charge in [0.2, 0.25) is 0 Å². The molecular formula is C10H8BrClN2. The van der Waals surface area contributed by atoms with Crippen molar-refractivity contribution in [2.24, 2.45) is 5.92 Å². The Morgan fingerprint density at radius 1 is 1.57 bits per heavy atom. The molecule has 0 atom stereocenters. The van der Waals surface area contributed by atoms with Crippen molar-refractivity contribution in [3.05, 3.63) is 21.3 Å². The van der Waals surface area contributed by atoms with E-state index in [1.54, 1.807) is 0 Å². The van der Waals surface area contributed by atoms with Crippen molar-refractivity contribution in [2.45, 2.75) is 12.8 Å². The van der Waals surface area contributed by atoms with E-state index in [1.165, 1.54) is 19.0 Å². The molecule has 2 rings (SSSR count). The molecule has 1 heterocycles. The topological polar surface area (TPSA) is 38.9 Å². The van der Waals surface area contributed by atoms with Crippen molar-refractivity contribution in [3.63, 3.8) is 0 Å². The van der Waals surface area contributed by atoms with Gasteiger partial charge < -0.3 is 5.73 Å². The van der Waals surface area contributed by atoms with Gasteiger partial charge in [0.15, 0.2) is 0 Å². The Morgan fingerprint density at radius 3 is 2.93 bits per heavy atom. The van der Waals surface area contributed by atoms with Gasteiger partial charge in [0.1, 0.15) is 5.82 Å². The fourth-order valence-corrected chi connectivity index (χ4v) is 1.55. The van der Waals surface area contributed by atoms with Gasteiger partial charge in [-0.3, -0.25) is 0 Å². The smallest absolute Gasteiger partial charge is 0.140 e. The van der Waals surface area contributed by atoms with Crippen LogP contribution in [0.5, 0.6) is 0 Å². The normalized spacial score (nSPS) is 14.7. The lowest BCUT2D eigenvalue weighted by molar-refractivity contribution is 1.18. The fourth-order valence-electron chi connectivity index (χ4n) is 1.00. The molecule has 0 aliphatic heterocycles. The van der Waals surface area contributed by atoms with Crippen LogP contribution in [0.15, 0.2) is 10.7 Å². The summed E-state index contributed by atoms with van der Waals surface area (Å²) in [6.45, 7) is 0. The molecule has 0 spiro atoms. The number of nitrogen functional groups attached to an aromatic ring is 1. The number of aromatic nitrogens is 1. The predicted octanol–water partition coefficient (Wildman–Crippen LogP) is 2.84. The number of rotatable bonds is 0. The molecule has 2 N–H and O–H groups in total. The summed E-state index contributed by atoms with van der Waals surface area (Å²) in [6, 6.07) is 0. The second-order valence-corrected chi connectivity index (χ2v) is 4.42. The first-order valence-electron chi connectivity index (χ1n) is 4.29. The molecule has 72 valence electrons. The Hall–Kier alpha value is -0.720. The van der Waals surface area contributed by atoms with Crippen molar-refractivity contribution < 1.29 is 0 Å². The van der Waals surface area contributed by atoms with Crippen molar-refractivity contribution >= 4 is 33.3 Å². The second-order valence-electron chi connectivity index (χ2n) is 3.22. The fraction of sp³-hybridized carbons (Fsp3) is 0.300. The van der Waals surface area contributed by atoms with Crippen molar-refractivity contribution in [2.75, 3.05) is 5.73 Å². The second kappa shape index (κ2) is 3.80. The van der Waals surface area contributed by atoms with Crippen LogP contribution in [0.3, 0.4) is 0 Å². The molecule has 0 saturated heterocycles. The van der Waals surface area contributed by atoms with Gasteiger partial charge in [-0.2, -0.15) is 0 Å². The molecule has 1 saturated carbocycles. The molecule has 0 amide bonds. The largest absolute Gasteiger partial charge is 0.383 e. The number of halogens is 2. The molecule has 1 fully saturated rings. The van der Waals surface area contributed by atoms with Gasteiger partial charge in [-0.05, 0) is 28.8 Å². The summed E-state index contributed by atoms with van der Waals surface area (Å²) in [4.78, 5) is 3.95. The highest BCUT2D eigenvalue weighted by molar-refractivity contribution is 9.10. The highest BCUT2D eigenvalue weighted by atomic mass is 79.9. The summed E-state index contributed by atoms with van der Waals surface area (Å²) in [6.07, 6.45) is 3.90. The van der Waals surface area contributed by atoms with Crippen LogP contribution in [0.25, 0.3) is 0 Å². The number of hydrogen-bond donors (Lipinski definition) is 1. The lowest BCUT2D eigenvalue weighted by Crippen LogP contribution is -1.95. The molecule has 1 aliphatic rings. The predicted molar refractivity (Wildman–Crippen MR) is 61.0 cm³/mol. The zero-order valence-electron chi connectivity index (χ0n) is 7.35. The molecule has 2 nitrogen and oxygen atoms in total. The van der Waals surface area contributed by atoms with E-state index in [0.29, 0.717) is 22.3 Å². The Bertz CT molecular complexity index is 430. The van der Waals surface area contributed by atoms with E-state index in [1.807, 2.05) is 0 Å². The molecule has 0 unspecified atom stereocenters. The van der Waals surface area contributed by atoms with E-state index < -0.39 is 0 Å². The zero-order valence-corrected chi connectivity index (χ0v) is 9.69. The standard InChI is InChI=1S/C10H8BrClN2/c11-9-7(4-3-6-1-2-6)10(13)14-5-8(9)12/h5-6H,1-2H2,(H2,13,14). The Kier molecular flexibility index (Phi) is 2.66. The molecule has 0 radical (unpaired) electrons. The third-order valence-corrected chi connectivity index (χ3v) is 3.32. The molecule has 1 aromatic heterocycles. The summed E-state index contributed by atoms with van der Waals surface area (Å²) >= 11 is 9.23. The monoisotopic (exact) mass is 270 g/mol. The SMILES string of the molecule is Nc1ncc(Cl)c(Br)c1C#CC1CC1. The third-order valence-electron chi connectivity index (χ3n) is 1.98. The van der Waals surface area contributed by atoms with Gasteiger partial charge in [-0.15, -0.1) is 0 Å². The number of nitrogens with two attached hydrogens (primary N) is 1. The van der Waals surface area contributed by atoms with Crippen LogP contribution < -0.4 is 5.73 Å². The van der Waals surface area contributed by atoms with Crippen molar-refractivity contribution in [3.8, 4) is 11.8 Å². The van der Waals surface area contributed by atoms with Crippen molar-refractivity contribution in [1.29, 1.82) is 0 Å². The quantitative estimate of drug-likeness (QED) is 0.737. The molecule has 0 aromatic carbocycles. The highest BCUT2D eigenvalue weighted by Crippen LogP contribution is 2.30. The average molecular weight is 272 g/mol. The first-order chi connectivity index (χ1) is 6.68. The van der Waals surface area contributed by atoms with E-state index in [-0.39, 0.29) is 0 Å². The minimum Gasteiger partial charge on any atom is -0.383 e. The molecule has 1 aromatic rings. The van der Waals surface area contributed by atoms with E-state index in [9.17, 15) is 0 Å². The summed E-state index contributed by atoms with van der Waals surface area (Å²) in [5, 5.41) is 0.541. The van der Waals surface area contributed by atoms with Crippen LogP contribution >= 0.6 is 27.5 Å². The molecule has 1 aliphatic carbocycles. The molecule has 0 bridgehead atoms. The molecular weight excluding hydrogens is 263 g/mol. The molecule has 14 heavy (non-hydrogen) atoms. The van der Waals surface area contributed by atoms with Crippen LogP contribution in [0.2, 0.25) is 5.02 Å². The van der Waals surface area contributed by atoms with Crippen LogP contribution in [-0.4, -0.2) is 4.98 Å². The lowest BCUT2D eigenvalue weighted by atomic mass is 10.2. The Balaban J connectivity index is 2.40. The van der Waals surface area contributed by atoms with Gasteiger partial charge >= 0.3 is 0 Å². The zero-order chi connectivity index (χ0) is 10.1. The van der Waals surface area contributed by atoms with E-state index in [0.717, 1.165) is 4.47 Å². The summed E-state index contributed by atoms with van der Waals surface area (Å²) in [5.41, 5.74) is 6.39. The lowest BCUT2D eigenvalue weighted by Gasteiger charge is -2.01. The average Bonchev–Trinajstić information content (AvgIpc) is 2.95. The maximum Gasteiger partial charge on any atom is 0.140 e. The number of anilines is 1. The molecule has 4 heteroatoms. The maximum atomic E-state index is 5.88. The van der Waals surface area contributed by atoms with Crippen LogP contribution in [0.1, 0.15) is 18.4 Å². The van der Waals surface area contributed by atoms with Crippen molar-refractivity contribution in [1.82, 2.24) is 4.98 Å². The highest BCUT2D eigenvalue weighted by Gasteiger charge is 2.18. The van der Waals surface area contributed by atoms with E-state index >= 15 is 0 Å². The maximum absolute atomic E-state index is 5.88. The van der Waals surface area contributed by atoms with Gasteiger partial charge in [-0.25, -0.2) is 4.98 Å². The number of pyridine rings is 1. The summed E-state index contributed by atoms with van der Waals surface area (Å²) in [5.74, 6) is 7.11. The summed E-state index contributed by atoms with van der Waals surface area (Å²) < 4.78 is 0.736. The van der Waals surface area contributed by atoms with Gasteiger partial charge in [0.05, 0.1) is 15.1 Å². The number of nitrogens with zero attached hydrogens (tertiary/aromatic N) is 1. The number of hydrogen-bond acceptors (Lipinski definition) is 2. The van der Waals surface area contributed by atoms with Gasteiger partial charge in [0.25, 0.3) is 0 Å². The van der Waals surface area contributed by atoms with E-state index in [4.69, 9.17) is 17.3 Å². The van der Waals surface area contributed by atoms with Crippen LogP contribution in [-0.2, 0) is 0 Å².